The number of nitrogens with zero attached hydrogens (tertiary/aromatic N) is 1. The average Bonchev–Trinajstić information content (AvgIpc) is 2.93. The highest BCUT2D eigenvalue weighted by Crippen LogP contribution is 2.20. The van der Waals surface area contributed by atoms with E-state index in [1.54, 1.807) is 18.2 Å². The number of rotatable bonds is 5. The number of hydrogen-bond donors (Lipinski definition) is 1. The third-order valence-electron chi connectivity index (χ3n) is 3.76. The second kappa shape index (κ2) is 7.53. The highest BCUT2D eigenvalue weighted by molar-refractivity contribution is 9.10. The summed E-state index contributed by atoms with van der Waals surface area (Å²) in [6.45, 7) is 4.07. The molecule has 1 heterocycles. The Hall–Kier alpha value is -2.60. The van der Waals surface area contributed by atoms with Gasteiger partial charge in [-0.2, -0.15) is 0 Å². The summed E-state index contributed by atoms with van der Waals surface area (Å²) in [4.78, 5) is 12.4. The monoisotopic (exact) mass is 400 g/mol. The number of benzene rings is 2. The van der Waals surface area contributed by atoms with Gasteiger partial charge in [0.1, 0.15) is 18.1 Å². The number of ether oxygens (including phenoxy) is 1. The highest BCUT2D eigenvalue weighted by atomic mass is 79.9. The number of carbonyl (C=O) groups is 1. The van der Waals surface area contributed by atoms with Crippen molar-refractivity contribution in [2.24, 2.45) is 0 Å². The molecule has 0 aliphatic heterocycles. The lowest BCUT2D eigenvalue weighted by Gasteiger charge is -2.09. The Bertz CT molecular complexity index is 868. The van der Waals surface area contributed by atoms with Crippen molar-refractivity contribution in [2.45, 2.75) is 20.5 Å². The molecule has 0 radical (unpaired) electrons. The van der Waals surface area contributed by atoms with E-state index in [0.717, 1.165) is 27.2 Å². The van der Waals surface area contributed by atoms with Crippen molar-refractivity contribution >= 4 is 27.5 Å². The van der Waals surface area contributed by atoms with Crippen LogP contribution in [0.25, 0.3) is 0 Å². The molecule has 3 rings (SSSR count). The molecule has 128 valence electrons. The molecular weight excluding hydrogens is 384 g/mol. The van der Waals surface area contributed by atoms with Gasteiger partial charge in [-0.1, -0.05) is 27.2 Å². The zero-order valence-electron chi connectivity index (χ0n) is 13.9. The molecule has 0 aliphatic carbocycles. The first-order chi connectivity index (χ1) is 12.0. The van der Waals surface area contributed by atoms with Crippen LogP contribution in [0.3, 0.4) is 0 Å². The minimum Gasteiger partial charge on any atom is -0.489 e. The number of aryl methyl sites for hydroxylation is 2. The summed E-state index contributed by atoms with van der Waals surface area (Å²) >= 11 is 3.37. The van der Waals surface area contributed by atoms with E-state index in [9.17, 15) is 4.79 Å². The fraction of sp³-hybridized carbons (Fsp3) is 0.158. The number of aromatic nitrogens is 1. The van der Waals surface area contributed by atoms with E-state index < -0.39 is 0 Å². The second-order valence-corrected chi connectivity index (χ2v) is 6.50. The highest BCUT2D eigenvalue weighted by Gasteiger charge is 2.11. The number of nitrogens with one attached hydrogen (secondary N) is 1. The maximum absolute atomic E-state index is 12.4. The Morgan fingerprint density at radius 2 is 1.96 bits per heavy atom. The van der Waals surface area contributed by atoms with E-state index >= 15 is 0 Å². The molecule has 25 heavy (non-hydrogen) atoms. The van der Waals surface area contributed by atoms with Crippen LogP contribution in [0.5, 0.6) is 5.75 Å². The van der Waals surface area contributed by atoms with Crippen molar-refractivity contribution < 1.29 is 14.1 Å². The average molecular weight is 401 g/mol. The Morgan fingerprint density at radius 1 is 1.20 bits per heavy atom. The molecule has 0 saturated carbocycles. The van der Waals surface area contributed by atoms with Gasteiger partial charge in [-0.05, 0) is 56.3 Å². The van der Waals surface area contributed by atoms with Crippen molar-refractivity contribution in [3.63, 3.8) is 0 Å². The van der Waals surface area contributed by atoms with E-state index in [1.165, 1.54) is 0 Å². The quantitative estimate of drug-likeness (QED) is 0.662. The molecular formula is C19H17BrN2O3. The van der Waals surface area contributed by atoms with Crippen LogP contribution in [0.15, 0.2) is 57.5 Å². The molecule has 0 unspecified atom stereocenters. The van der Waals surface area contributed by atoms with Crippen LogP contribution in [0.2, 0.25) is 0 Å². The SMILES string of the molecule is Cc1noc(C)c1COc1cccc(C(=O)Nc2ccc(Br)cc2)c1. The first-order valence-corrected chi connectivity index (χ1v) is 8.54. The molecule has 1 aromatic heterocycles. The molecule has 0 aliphatic rings. The minimum absolute atomic E-state index is 0.190. The van der Waals surface area contributed by atoms with Gasteiger partial charge in [0.25, 0.3) is 5.91 Å². The van der Waals surface area contributed by atoms with Crippen LogP contribution < -0.4 is 10.1 Å². The van der Waals surface area contributed by atoms with Crippen molar-refractivity contribution in [1.29, 1.82) is 0 Å². The van der Waals surface area contributed by atoms with Crippen LogP contribution in [0.4, 0.5) is 5.69 Å². The van der Waals surface area contributed by atoms with Gasteiger partial charge in [-0.15, -0.1) is 0 Å². The number of anilines is 1. The fourth-order valence-corrected chi connectivity index (χ4v) is 2.59. The summed E-state index contributed by atoms with van der Waals surface area (Å²) in [5.41, 5.74) is 2.99. The Kier molecular flexibility index (Phi) is 5.19. The third-order valence-corrected chi connectivity index (χ3v) is 4.29. The van der Waals surface area contributed by atoms with Gasteiger partial charge in [-0.25, -0.2) is 0 Å². The molecule has 3 aromatic rings. The first kappa shape index (κ1) is 17.2. The smallest absolute Gasteiger partial charge is 0.255 e. The van der Waals surface area contributed by atoms with Crippen molar-refractivity contribution in [1.82, 2.24) is 5.16 Å². The predicted octanol–water partition coefficient (Wildman–Crippen LogP) is 4.89. The minimum atomic E-state index is -0.190. The summed E-state index contributed by atoms with van der Waals surface area (Å²) < 4.78 is 11.9. The van der Waals surface area contributed by atoms with Gasteiger partial charge in [0.05, 0.1) is 11.3 Å². The summed E-state index contributed by atoms with van der Waals surface area (Å²) in [6.07, 6.45) is 0. The fourth-order valence-electron chi connectivity index (χ4n) is 2.33. The third kappa shape index (κ3) is 4.28. The number of carbonyl (C=O) groups excluding carboxylic acids is 1. The molecule has 1 N–H and O–H groups in total. The lowest BCUT2D eigenvalue weighted by Crippen LogP contribution is -2.11. The number of amides is 1. The molecule has 0 fully saturated rings. The molecule has 1 amide bonds. The number of hydrogen-bond acceptors (Lipinski definition) is 4. The van der Waals surface area contributed by atoms with Crippen LogP contribution in [-0.2, 0) is 6.61 Å². The molecule has 5 nitrogen and oxygen atoms in total. The maximum Gasteiger partial charge on any atom is 0.255 e. The standard InChI is InChI=1S/C19H17BrN2O3/c1-12-18(13(2)25-22-12)11-24-17-5-3-4-14(10-17)19(23)21-16-8-6-15(20)7-9-16/h3-10H,11H2,1-2H3,(H,21,23). The Balaban J connectivity index is 1.68. The lowest BCUT2D eigenvalue weighted by molar-refractivity contribution is 0.102. The first-order valence-electron chi connectivity index (χ1n) is 7.74. The van der Waals surface area contributed by atoms with Crippen molar-refractivity contribution in [3.05, 3.63) is 75.6 Å². The predicted molar refractivity (Wildman–Crippen MR) is 98.8 cm³/mol. The van der Waals surface area contributed by atoms with Crippen LogP contribution in [0, 0.1) is 13.8 Å². The van der Waals surface area contributed by atoms with Crippen molar-refractivity contribution in [2.75, 3.05) is 5.32 Å². The maximum atomic E-state index is 12.4. The Labute approximate surface area is 154 Å². The van der Waals surface area contributed by atoms with Crippen LogP contribution in [0.1, 0.15) is 27.4 Å². The molecule has 0 atom stereocenters. The zero-order valence-corrected chi connectivity index (χ0v) is 15.5. The summed E-state index contributed by atoms with van der Waals surface area (Å²) in [6, 6.07) is 14.5. The molecule has 0 bridgehead atoms. The van der Waals surface area contributed by atoms with Crippen molar-refractivity contribution in [3.8, 4) is 5.75 Å². The Morgan fingerprint density at radius 3 is 2.64 bits per heavy atom. The van der Waals surface area contributed by atoms with Crippen LogP contribution >= 0.6 is 15.9 Å². The van der Waals surface area contributed by atoms with Crippen LogP contribution in [-0.4, -0.2) is 11.1 Å². The van der Waals surface area contributed by atoms with Gasteiger partial charge >= 0.3 is 0 Å². The van der Waals surface area contributed by atoms with Gasteiger partial charge in [0, 0.05) is 15.7 Å². The summed E-state index contributed by atoms with van der Waals surface area (Å²) in [7, 11) is 0. The topological polar surface area (TPSA) is 64.4 Å². The van der Waals surface area contributed by atoms with Gasteiger partial charge in [-0.3, -0.25) is 4.79 Å². The molecule has 6 heteroatoms. The normalized spacial score (nSPS) is 10.5. The second-order valence-electron chi connectivity index (χ2n) is 5.58. The zero-order chi connectivity index (χ0) is 17.8. The summed E-state index contributed by atoms with van der Waals surface area (Å²) in [5.74, 6) is 1.16. The van der Waals surface area contributed by atoms with E-state index in [1.807, 2.05) is 44.2 Å². The molecule has 2 aromatic carbocycles. The van der Waals surface area contributed by atoms with E-state index in [-0.39, 0.29) is 5.91 Å². The lowest BCUT2D eigenvalue weighted by atomic mass is 10.2. The van der Waals surface area contributed by atoms with Gasteiger partial charge in [0.2, 0.25) is 0 Å². The molecule has 0 spiro atoms. The van der Waals surface area contributed by atoms with E-state index in [4.69, 9.17) is 9.26 Å². The largest absolute Gasteiger partial charge is 0.489 e. The summed E-state index contributed by atoms with van der Waals surface area (Å²) in [5, 5.41) is 6.76. The van der Waals surface area contributed by atoms with E-state index in [0.29, 0.717) is 17.9 Å². The molecule has 0 saturated heterocycles. The van der Waals surface area contributed by atoms with E-state index in [2.05, 4.69) is 26.4 Å². The van der Waals surface area contributed by atoms with Gasteiger partial charge < -0.3 is 14.6 Å². The van der Waals surface area contributed by atoms with Gasteiger partial charge in [0.15, 0.2) is 0 Å². The number of halogens is 1.